The molecule has 3 rings (SSSR count). The molecule has 0 saturated heterocycles. The predicted molar refractivity (Wildman–Crippen MR) is 78.9 cm³/mol. The highest BCUT2D eigenvalue weighted by Crippen LogP contribution is 2.34. The van der Waals surface area contributed by atoms with Crippen molar-refractivity contribution in [1.29, 1.82) is 10.5 Å². The number of furan rings is 1. The average Bonchev–Trinajstić information content (AvgIpc) is 3.24. The Morgan fingerprint density at radius 1 is 1.36 bits per heavy atom. The summed E-state index contributed by atoms with van der Waals surface area (Å²) < 4.78 is 10.4. The first-order chi connectivity index (χ1) is 10.8. The summed E-state index contributed by atoms with van der Waals surface area (Å²) in [4.78, 5) is 8.53. The average molecular weight is 308 g/mol. The second-order valence-electron chi connectivity index (χ2n) is 4.14. The number of thiazole rings is 1. The Kier molecular flexibility index (Phi) is 3.82. The van der Waals surface area contributed by atoms with Crippen LogP contribution in [0.2, 0.25) is 0 Å². The smallest absolute Gasteiger partial charge is 0.234 e. The number of nitrogens with zero attached hydrogens (tertiary/aromatic N) is 4. The lowest BCUT2D eigenvalue weighted by Gasteiger charge is -2.09. The number of aromatic nitrogens is 2. The Balaban J connectivity index is 2.21. The second-order valence-corrected chi connectivity index (χ2v) is 5.04. The number of hydrogen-bond donors (Lipinski definition) is 0. The van der Waals surface area contributed by atoms with Gasteiger partial charge in [-0.15, -0.1) is 11.3 Å². The molecular weight excluding hydrogens is 300 g/mol. The van der Waals surface area contributed by atoms with E-state index < -0.39 is 0 Å². The fourth-order valence-corrected chi connectivity index (χ4v) is 2.54. The maximum atomic E-state index is 9.42. The zero-order chi connectivity index (χ0) is 15.4. The van der Waals surface area contributed by atoms with Crippen molar-refractivity contribution in [2.24, 2.45) is 0 Å². The zero-order valence-corrected chi connectivity index (χ0v) is 12.0. The molecule has 0 saturated carbocycles. The summed E-state index contributed by atoms with van der Waals surface area (Å²) in [7, 11) is 0. The molecule has 106 valence electrons. The highest BCUT2D eigenvalue weighted by Gasteiger charge is 2.18. The van der Waals surface area contributed by atoms with Crippen molar-refractivity contribution in [2.75, 3.05) is 6.61 Å². The van der Waals surface area contributed by atoms with Gasteiger partial charge in [0.05, 0.1) is 12.5 Å². The van der Waals surface area contributed by atoms with Crippen LogP contribution in [-0.4, -0.2) is 16.6 Å². The molecule has 0 amide bonds. The first kappa shape index (κ1) is 13.8. The summed E-state index contributed by atoms with van der Waals surface area (Å²) in [5.74, 6) is 0.118. The molecule has 0 aliphatic rings. The van der Waals surface area contributed by atoms with E-state index in [2.05, 4.69) is 16.0 Å². The third-order valence-electron chi connectivity index (χ3n) is 2.86. The Labute approximate surface area is 129 Å². The number of ether oxygens (including phenoxy) is 1. The summed E-state index contributed by atoms with van der Waals surface area (Å²) in [6.45, 7) is -0.187. The van der Waals surface area contributed by atoms with Gasteiger partial charge in [-0.2, -0.15) is 10.5 Å². The van der Waals surface area contributed by atoms with Crippen molar-refractivity contribution in [3.63, 3.8) is 0 Å². The quantitative estimate of drug-likeness (QED) is 0.734. The number of pyridine rings is 1. The van der Waals surface area contributed by atoms with Crippen molar-refractivity contribution in [1.82, 2.24) is 9.97 Å². The number of hydrogen-bond acceptors (Lipinski definition) is 7. The lowest BCUT2D eigenvalue weighted by Crippen LogP contribution is -2.01. The fourth-order valence-electron chi connectivity index (χ4n) is 1.94. The minimum absolute atomic E-state index is 0.118. The summed E-state index contributed by atoms with van der Waals surface area (Å²) >= 11 is 1.43. The molecular formula is C15H8N4O2S. The van der Waals surface area contributed by atoms with E-state index in [1.54, 1.807) is 18.3 Å². The van der Waals surface area contributed by atoms with E-state index in [4.69, 9.17) is 14.4 Å². The predicted octanol–water partition coefficient (Wildman–Crippen LogP) is 3.24. The van der Waals surface area contributed by atoms with Crippen LogP contribution in [0.1, 0.15) is 5.56 Å². The maximum Gasteiger partial charge on any atom is 0.234 e. The zero-order valence-electron chi connectivity index (χ0n) is 11.2. The minimum Gasteiger partial charge on any atom is -0.472 e. The standard InChI is InChI=1S/C15H8N4O2S/c16-2-5-21-14-12(8-17)11(10-1-4-20-9-10)7-13(19-14)15-18-3-6-22-15/h1,3-4,6-7,9H,5H2. The Morgan fingerprint density at radius 3 is 2.91 bits per heavy atom. The number of rotatable bonds is 4. The summed E-state index contributed by atoms with van der Waals surface area (Å²) in [5, 5.41) is 20.6. The Hall–Kier alpha value is -3.16. The molecule has 22 heavy (non-hydrogen) atoms. The van der Waals surface area contributed by atoms with E-state index >= 15 is 0 Å². The third kappa shape index (κ3) is 2.53. The van der Waals surface area contributed by atoms with E-state index in [1.165, 1.54) is 23.9 Å². The van der Waals surface area contributed by atoms with Crippen molar-refractivity contribution >= 4 is 11.3 Å². The molecule has 3 aromatic heterocycles. The van der Waals surface area contributed by atoms with E-state index in [1.807, 2.05) is 11.4 Å². The molecule has 0 aliphatic heterocycles. The molecule has 3 aromatic rings. The van der Waals surface area contributed by atoms with Crippen LogP contribution in [-0.2, 0) is 0 Å². The van der Waals surface area contributed by atoms with Crippen molar-refractivity contribution < 1.29 is 9.15 Å². The Bertz CT molecular complexity index is 858. The number of nitriles is 2. The fraction of sp³-hybridized carbons (Fsp3) is 0.0667. The van der Waals surface area contributed by atoms with Crippen LogP contribution < -0.4 is 4.74 Å². The molecule has 0 aromatic carbocycles. The van der Waals surface area contributed by atoms with Crippen molar-refractivity contribution in [3.8, 4) is 39.8 Å². The molecule has 7 heteroatoms. The van der Waals surface area contributed by atoms with Gasteiger partial charge < -0.3 is 9.15 Å². The van der Waals surface area contributed by atoms with Crippen molar-refractivity contribution in [3.05, 3.63) is 41.8 Å². The van der Waals surface area contributed by atoms with Gasteiger partial charge in [0.2, 0.25) is 5.88 Å². The summed E-state index contributed by atoms with van der Waals surface area (Å²) in [6.07, 6.45) is 4.74. The van der Waals surface area contributed by atoms with Crippen LogP contribution in [0, 0.1) is 22.7 Å². The van der Waals surface area contributed by atoms with Crippen LogP contribution in [0.5, 0.6) is 5.88 Å². The van der Waals surface area contributed by atoms with Crippen molar-refractivity contribution in [2.45, 2.75) is 0 Å². The van der Waals surface area contributed by atoms with Gasteiger partial charge in [0.1, 0.15) is 28.4 Å². The van der Waals surface area contributed by atoms with Gasteiger partial charge in [0, 0.05) is 22.7 Å². The highest BCUT2D eigenvalue weighted by molar-refractivity contribution is 7.13. The molecule has 0 atom stereocenters. The van der Waals surface area contributed by atoms with Crippen LogP contribution in [0.3, 0.4) is 0 Å². The topological polar surface area (TPSA) is 95.7 Å². The SMILES string of the molecule is N#CCOc1nc(-c2nccs2)cc(-c2ccoc2)c1C#N. The minimum atomic E-state index is -0.187. The first-order valence-electron chi connectivity index (χ1n) is 6.21. The second kappa shape index (κ2) is 6.08. The van der Waals surface area contributed by atoms with Crippen LogP contribution >= 0.6 is 11.3 Å². The Morgan fingerprint density at radius 2 is 2.27 bits per heavy atom. The largest absolute Gasteiger partial charge is 0.472 e. The van der Waals surface area contributed by atoms with E-state index in [-0.39, 0.29) is 18.1 Å². The first-order valence-corrected chi connectivity index (χ1v) is 7.08. The molecule has 0 fully saturated rings. The van der Waals surface area contributed by atoms with Gasteiger partial charge in [-0.3, -0.25) is 0 Å². The molecule has 6 nitrogen and oxygen atoms in total. The molecule has 0 aliphatic carbocycles. The van der Waals surface area contributed by atoms with Crippen LogP contribution in [0.25, 0.3) is 21.8 Å². The van der Waals surface area contributed by atoms with Crippen LogP contribution in [0.15, 0.2) is 40.7 Å². The van der Waals surface area contributed by atoms with Gasteiger partial charge >= 0.3 is 0 Å². The van der Waals surface area contributed by atoms with Gasteiger partial charge in [-0.1, -0.05) is 0 Å². The molecule has 0 N–H and O–H groups in total. The van der Waals surface area contributed by atoms with Crippen LogP contribution in [0.4, 0.5) is 0 Å². The third-order valence-corrected chi connectivity index (χ3v) is 3.65. The van der Waals surface area contributed by atoms with Gasteiger partial charge in [-0.25, -0.2) is 9.97 Å². The van der Waals surface area contributed by atoms with Gasteiger partial charge in [0.25, 0.3) is 0 Å². The van der Waals surface area contributed by atoms with E-state index in [0.29, 0.717) is 16.3 Å². The monoisotopic (exact) mass is 308 g/mol. The van der Waals surface area contributed by atoms with Gasteiger partial charge in [0.15, 0.2) is 6.61 Å². The molecule has 0 bridgehead atoms. The molecule has 0 spiro atoms. The highest BCUT2D eigenvalue weighted by atomic mass is 32.1. The molecule has 0 unspecified atom stereocenters. The maximum absolute atomic E-state index is 9.42. The lowest BCUT2D eigenvalue weighted by molar-refractivity contribution is 0.353. The van der Waals surface area contributed by atoms with E-state index in [9.17, 15) is 5.26 Å². The van der Waals surface area contributed by atoms with E-state index in [0.717, 1.165) is 5.56 Å². The normalized spacial score (nSPS) is 9.91. The summed E-state index contributed by atoms with van der Waals surface area (Å²) in [5.41, 5.74) is 2.21. The van der Waals surface area contributed by atoms with Gasteiger partial charge in [-0.05, 0) is 12.1 Å². The molecule has 0 radical (unpaired) electrons. The summed E-state index contributed by atoms with van der Waals surface area (Å²) in [6, 6.07) is 7.46. The molecule has 3 heterocycles. The lowest BCUT2D eigenvalue weighted by atomic mass is 10.0.